The zero-order chi connectivity index (χ0) is 13.1. The number of anilines is 1. The summed E-state index contributed by atoms with van der Waals surface area (Å²) in [6.07, 6.45) is 7.37. The second-order valence-corrected chi connectivity index (χ2v) is 6.04. The van der Waals surface area contributed by atoms with Gasteiger partial charge in [0.05, 0.1) is 5.69 Å². The van der Waals surface area contributed by atoms with Crippen molar-refractivity contribution in [1.82, 2.24) is 9.55 Å². The highest BCUT2D eigenvalue weighted by molar-refractivity contribution is 5.40. The number of rotatable bonds is 7. The summed E-state index contributed by atoms with van der Waals surface area (Å²) in [7, 11) is 0. The van der Waals surface area contributed by atoms with Gasteiger partial charge in [-0.2, -0.15) is 0 Å². The minimum absolute atomic E-state index is 0.627. The maximum absolute atomic E-state index is 6.30. The molecule has 0 atom stereocenters. The summed E-state index contributed by atoms with van der Waals surface area (Å²) in [5.74, 6) is 3.50. The largest absolute Gasteiger partial charge is 0.384 e. The Hall–Kier alpha value is -0.990. The molecule has 0 saturated heterocycles. The average molecular weight is 249 g/mol. The van der Waals surface area contributed by atoms with Crippen LogP contribution in [-0.4, -0.2) is 9.55 Å². The van der Waals surface area contributed by atoms with Crippen LogP contribution in [0.5, 0.6) is 0 Å². The van der Waals surface area contributed by atoms with Gasteiger partial charge in [0.25, 0.3) is 0 Å². The van der Waals surface area contributed by atoms with Crippen LogP contribution in [0.2, 0.25) is 0 Å². The lowest BCUT2D eigenvalue weighted by atomic mass is 10.1. The SMILES string of the molecule is CCCCCc1nc(C2CC2)n(CC(C)C)c1N. The molecule has 0 aliphatic heterocycles. The Labute approximate surface area is 111 Å². The summed E-state index contributed by atoms with van der Waals surface area (Å²) >= 11 is 0. The van der Waals surface area contributed by atoms with Gasteiger partial charge in [0.15, 0.2) is 0 Å². The minimum atomic E-state index is 0.627. The van der Waals surface area contributed by atoms with E-state index < -0.39 is 0 Å². The number of hydrogen-bond donors (Lipinski definition) is 1. The van der Waals surface area contributed by atoms with Crippen molar-refractivity contribution in [3.63, 3.8) is 0 Å². The summed E-state index contributed by atoms with van der Waals surface area (Å²) in [5.41, 5.74) is 7.45. The average Bonchev–Trinajstić information content (AvgIpc) is 3.10. The first kappa shape index (κ1) is 13.4. The molecule has 1 saturated carbocycles. The van der Waals surface area contributed by atoms with Crippen molar-refractivity contribution in [3.8, 4) is 0 Å². The molecule has 1 aromatic heterocycles. The maximum Gasteiger partial charge on any atom is 0.126 e. The minimum Gasteiger partial charge on any atom is -0.384 e. The van der Waals surface area contributed by atoms with Gasteiger partial charge >= 0.3 is 0 Å². The van der Waals surface area contributed by atoms with Gasteiger partial charge in [-0.05, 0) is 31.6 Å². The third-order valence-corrected chi connectivity index (χ3v) is 3.62. The molecule has 18 heavy (non-hydrogen) atoms. The molecule has 3 nitrogen and oxygen atoms in total. The van der Waals surface area contributed by atoms with E-state index in [1.165, 1.54) is 37.9 Å². The molecule has 102 valence electrons. The van der Waals surface area contributed by atoms with Gasteiger partial charge in [0.2, 0.25) is 0 Å². The van der Waals surface area contributed by atoms with Crippen LogP contribution in [-0.2, 0) is 13.0 Å². The van der Waals surface area contributed by atoms with E-state index in [0.717, 1.165) is 24.5 Å². The normalized spacial score (nSPS) is 15.6. The first-order chi connectivity index (χ1) is 8.63. The molecule has 1 aliphatic carbocycles. The van der Waals surface area contributed by atoms with E-state index in [1.54, 1.807) is 0 Å². The van der Waals surface area contributed by atoms with Crippen LogP contribution in [0, 0.1) is 5.92 Å². The quantitative estimate of drug-likeness (QED) is 0.748. The number of aromatic nitrogens is 2. The van der Waals surface area contributed by atoms with Crippen LogP contribution in [0.4, 0.5) is 5.82 Å². The summed E-state index contributed by atoms with van der Waals surface area (Å²) < 4.78 is 2.28. The molecule has 0 unspecified atom stereocenters. The molecule has 2 N–H and O–H groups in total. The highest BCUT2D eigenvalue weighted by Gasteiger charge is 2.30. The van der Waals surface area contributed by atoms with E-state index >= 15 is 0 Å². The Morgan fingerprint density at radius 1 is 1.33 bits per heavy atom. The number of hydrogen-bond acceptors (Lipinski definition) is 2. The number of unbranched alkanes of at least 4 members (excludes halogenated alkanes) is 2. The van der Waals surface area contributed by atoms with E-state index in [1.807, 2.05) is 0 Å². The Bertz CT molecular complexity index is 389. The van der Waals surface area contributed by atoms with Crippen LogP contribution < -0.4 is 5.73 Å². The standard InChI is InChI=1S/C15H27N3/c1-4-5-6-7-13-14(16)18(10-11(2)3)15(17-13)12-8-9-12/h11-12H,4-10,16H2,1-3H3. The van der Waals surface area contributed by atoms with Crippen LogP contribution in [0.25, 0.3) is 0 Å². The monoisotopic (exact) mass is 249 g/mol. The molecule has 0 bridgehead atoms. The Balaban J connectivity index is 2.14. The number of nitrogen functional groups attached to an aromatic ring is 1. The first-order valence-corrected chi connectivity index (χ1v) is 7.48. The van der Waals surface area contributed by atoms with Gasteiger partial charge in [-0.15, -0.1) is 0 Å². The molecular weight excluding hydrogens is 222 g/mol. The van der Waals surface area contributed by atoms with Crippen molar-refractivity contribution in [3.05, 3.63) is 11.5 Å². The molecular formula is C15H27N3. The summed E-state index contributed by atoms with van der Waals surface area (Å²) in [6, 6.07) is 0. The maximum atomic E-state index is 6.30. The van der Waals surface area contributed by atoms with Crippen molar-refractivity contribution < 1.29 is 0 Å². The van der Waals surface area contributed by atoms with Gasteiger partial charge in [0, 0.05) is 12.5 Å². The van der Waals surface area contributed by atoms with E-state index in [2.05, 4.69) is 25.3 Å². The number of aryl methyl sites for hydroxylation is 1. The van der Waals surface area contributed by atoms with Crippen LogP contribution in [0.3, 0.4) is 0 Å². The molecule has 1 heterocycles. The molecule has 0 spiro atoms. The van der Waals surface area contributed by atoms with Gasteiger partial charge in [-0.3, -0.25) is 0 Å². The molecule has 1 aromatic rings. The van der Waals surface area contributed by atoms with Gasteiger partial charge < -0.3 is 10.3 Å². The van der Waals surface area contributed by atoms with E-state index in [9.17, 15) is 0 Å². The Kier molecular flexibility index (Phi) is 4.31. The molecule has 0 radical (unpaired) electrons. The zero-order valence-electron chi connectivity index (χ0n) is 12.1. The summed E-state index contributed by atoms with van der Waals surface area (Å²) in [5, 5.41) is 0. The molecule has 0 aromatic carbocycles. The summed E-state index contributed by atoms with van der Waals surface area (Å²) in [6.45, 7) is 7.73. The van der Waals surface area contributed by atoms with Gasteiger partial charge in [-0.25, -0.2) is 4.98 Å². The molecule has 3 heteroatoms. The van der Waals surface area contributed by atoms with Crippen molar-refractivity contribution in [1.29, 1.82) is 0 Å². The molecule has 0 amide bonds. The number of nitrogens with two attached hydrogens (primary N) is 1. The van der Waals surface area contributed by atoms with Gasteiger partial charge in [-0.1, -0.05) is 33.6 Å². The lowest BCUT2D eigenvalue weighted by Gasteiger charge is -2.11. The fourth-order valence-electron chi connectivity index (χ4n) is 2.47. The molecule has 1 fully saturated rings. The molecule has 2 rings (SSSR count). The van der Waals surface area contributed by atoms with Crippen molar-refractivity contribution >= 4 is 5.82 Å². The predicted molar refractivity (Wildman–Crippen MR) is 76.7 cm³/mol. The lowest BCUT2D eigenvalue weighted by Crippen LogP contribution is -2.11. The first-order valence-electron chi connectivity index (χ1n) is 7.48. The zero-order valence-corrected chi connectivity index (χ0v) is 12.1. The molecule has 1 aliphatic rings. The fraction of sp³-hybridized carbons (Fsp3) is 0.800. The second kappa shape index (κ2) is 5.77. The Morgan fingerprint density at radius 3 is 2.61 bits per heavy atom. The summed E-state index contributed by atoms with van der Waals surface area (Å²) in [4.78, 5) is 4.83. The van der Waals surface area contributed by atoms with Crippen LogP contribution in [0.1, 0.15) is 70.3 Å². The van der Waals surface area contributed by atoms with E-state index in [0.29, 0.717) is 11.8 Å². The van der Waals surface area contributed by atoms with Gasteiger partial charge in [0.1, 0.15) is 11.6 Å². The van der Waals surface area contributed by atoms with Crippen LogP contribution >= 0.6 is 0 Å². The predicted octanol–water partition coefficient (Wildman–Crippen LogP) is 3.73. The van der Waals surface area contributed by atoms with E-state index in [-0.39, 0.29) is 0 Å². The lowest BCUT2D eigenvalue weighted by molar-refractivity contribution is 0.511. The Morgan fingerprint density at radius 2 is 2.06 bits per heavy atom. The van der Waals surface area contributed by atoms with Crippen molar-refractivity contribution in [2.45, 2.75) is 71.8 Å². The third-order valence-electron chi connectivity index (χ3n) is 3.62. The van der Waals surface area contributed by atoms with E-state index in [4.69, 9.17) is 10.7 Å². The third kappa shape index (κ3) is 3.06. The topological polar surface area (TPSA) is 43.8 Å². The highest BCUT2D eigenvalue weighted by atomic mass is 15.2. The fourth-order valence-corrected chi connectivity index (χ4v) is 2.47. The smallest absolute Gasteiger partial charge is 0.126 e. The number of nitrogens with zero attached hydrogens (tertiary/aromatic N) is 2. The number of imidazole rings is 1. The van der Waals surface area contributed by atoms with Crippen molar-refractivity contribution in [2.24, 2.45) is 5.92 Å². The second-order valence-electron chi connectivity index (χ2n) is 6.04. The highest BCUT2D eigenvalue weighted by Crippen LogP contribution is 2.41. The van der Waals surface area contributed by atoms with Crippen LogP contribution in [0.15, 0.2) is 0 Å². The van der Waals surface area contributed by atoms with Crippen molar-refractivity contribution in [2.75, 3.05) is 5.73 Å².